The number of hydrogen-bond acceptors (Lipinski definition) is 13. The Balaban J connectivity index is 2.12. The average molecular weight is 635 g/mol. The predicted octanol–water partition coefficient (Wildman–Crippen LogP) is 2.81. The summed E-state index contributed by atoms with van der Waals surface area (Å²) in [5.74, 6) is -5.17. The molecule has 0 aromatic heterocycles. The molecule has 0 unspecified atom stereocenters. The number of carbonyl (C=O) groups is 6. The zero-order valence-corrected chi connectivity index (χ0v) is 27.1. The molecule has 13 heteroatoms. The SMILES string of the molecule is CCCC(=O)O[C@@H]1/C(C)=C\[C@@H]2OC(=O)[C@]3(C)O[C@]23[C@@H](OC(C)=O)[C@H]2C(C)=CC[C@H](OC(C)=O)[C@]2(C)[C@@H](OC(C)=O)[C@H]1OC(C)=O. The van der Waals surface area contributed by atoms with Crippen molar-refractivity contribution in [3.05, 3.63) is 23.3 Å². The lowest BCUT2D eigenvalue weighted by Crippen LogP contribution is -2.66. The molecule has 4 rings (SSSR count). The topological polar surface area (TPSA) is 170 Å². The summed E-state index contributed by atoms with van der Waals surface area (Å²) in [6.07, 6.45) is -3.75. The van der Waals surface area contributed by atoms with E-state index in [4.69, 9.17) is 33.2 Å². The molecular weight excluding hydrogens is 592 g/mol. The van der Waals surface area contributed by atoms with Crippen LogP contribution in [-0.4, -0.2) is 83.6 Å². The summed E-state index contributed by atoms with van der Waals surface area (Å²) >= 11 is 0. The Labute approximate surface area is 261 Å². The molecule has 0 aromatic carbocycles. The first-order chi connectivity index (χ1) is 20.9. The third kappa shape index (κ3) is 5.75. The number of esters is 6. The number of hydrogen-bond donors (Lipinski definition) is 0. The number of epoxide rings is 1. The van der Waals surface area contributed by atoms with E-state index < -0.39 is 95.0 Å². The highest BCUT2D eigenvalue weighted by molar-refractivity contribution is 5.89. The van der Waals surface area contributed by atoms with Gasteiger partial charge in [-0.25, -0.2) is 4.79 Å². The maximum Gasteiger partial charge on any atom is 0.342 e. The summed E-state index contributed by atoms with van der Waals surface area (Å²) < 4.78 is 41.8. The van der Waals surface area contributed by atoms with Gasteiger partial charge in [-0.15, -0.1) is 0 Å². The number of carbonyl (C=O) groups excluding carboxylic acids is 6. The summed E-state index contributed by atoms with van der Waals surface area (Å²) in [5, 5.41) is 0. The zero-order valence-electron chi connectivity index (χ0n) is 27.1. The van der Waals surface area contributed by atoms with Crippen molar-refractivity contribution in [2.45, 2.75) is 129 Å². The van der Waals surface area contributed by atoms with E-state index in [1.54, 1.807) is 33.8 Å². The normalized spacial score (nSPS) is 39.6. The Hall–Kier alpha value is -3.74. The number of fused-ring (bicyclic) bond motifs is 1. The number of rotatable bonds is 7. The van der Waals surface area contributed by atoms with E-state index >= 15 is 0 Å². The largest absolute Gasteiger partial charge is 0.461 e. The maximum atomic E-state index is 13.3. The lowest BCUT2D eigenvalue weighted by atomic mass is 9.56. The molecular formula is C32H42O13. The van der Waals surface area contributed by atoms with E-state index in [0.717, 1.165) is 13.8 Å². The standard InChI is InChI=1S/C32H42O13/c1-10-11-23(37)44-25-16(3)14-22-32(31(9,45-32)29(38)43-22)27(41-19(6)35)24-15(2)12-13-21(39-17(4)33)30(24,8)28(42-20(7)36)26(25)40-18(5)34/h12,14,21-22,24-28H,10-11,13H2,1-9H3/b16-14-/t21-,22-,24+,25+,26-,27-,28-,30-,31-,32-/m0/s1. The molecule has 0 amide bonds. The molecule has 0 saturated carbocycles. The highest BCUT2D eigenvalue weighted by Crippen LogP contribution is 2.65. The van der Waals surface area contributed by atoms with Gasteiger partial charge in [0.2, 0.25) is 0 Å². The van der Waals surface area contributed by atoms with E-state index in [2.05, 4.69) is 0 Å². The van der Waals surface area contributed by atoms with Gasteiger partial charge in [0, 0.05) is 46.5 Å². The zero-order chi connectivity index (χ0) is 33.6. The van der Waals surface area contributed by atoms with Crippen LogP contribution in [0.2, 0.25) is 0 Å². The van der Waals surface area contributed by atoms with E-state index in [1.165, 1.54) is 26.8 Å². The van der Waals surface area contributed by atoms with Gasteiger partial charge in [-0.05, 0) is 38.8 Å². The van der Waals surface area contributed by atoms with Gasteiger partial charge in [0.25, 0.3) is 0 Å². The minimum Gasteiger partial charge on any atom is -0.461 e. The van der Waals surface area contributed by atoms with Crippen LogP contribution < -0.4 is 0 Å². The van der Waals surface area contributed by atoms with E-state index in [-0.39, 0.29) is 18.4 Å². The van der Waals surface area contributed by atoms with Crippen LogP contribution in [0.15, 0.2) is 23.3 Å². The van der Waals surface area contributed by atoms with Gasteiger partial charge < -0.3 is 33.2 Å². The van der Waals surface area contributed by atoms with E-state index in [0.29, 0.717) is 12.0 Å². The highest BCUT2D eigenvalue weighted by Gasteiger charge is 2.87. The quantitative estimate of drug-likeness (QED) is 0.173. The minimum absolute atomic E-state index is 0.0324. The molecule has 13 nitrogen and oxygen atoms in total. The van der Waals surface area contributed by atoms with Crippen LogP contribution in [0.1, 0.15) is 81.6 Å². The van der Waals surface area contributed by atoms with Gasteiger partial charge in [-0.3, -0.25) is 24.0 Å². The molecule has 2 saturated heterocycles. The van der Waals surface area contributed by atoms with Crippen molar-refractivity contribution in [2.75, 3.05) is 0 Å². The Morgan fingerprint density at radius 2 is 1.42 bits per heavy atom. The first-order valence-electron chi connectivity index (χ1n) is 15.1. The van der Waals surface area contributed by atoms with E-state index in [9.17, 15) is 28.8 Å². The lowest BCUT2D eigenvalue weighted by molar-refractivity contribution is -0.224. The average Bonchev–Trinajstić information content (AvgIpc) is 3.50. The molecule has 4 aliphatic rings. The van der Waals surface area contributed by atoms with Crippen molar-refractivity contribution in [1.82, 2.24) is 0 Å². The van der Waals surface area contributed by atoms with E-state index in [1.807, 2.05) is 0 Å². The molecule has 0 radical (unpaired) electrons. The fourth-order valence-electron chi connectivity index (χ4n) is 7.41. The Bertz CT molecular complexity index is 1350. The van der Waals surface area contributed by atoms with Crippen LogP contribution in [0.5, 0.6) is 0 Å². The minimum atomic E-state index is -1.57. The van der Waals surface area contributed by atoms with Gasteiger partial charge in [0.05, 0.1) is 5.41 Å². The Kier molecular flexibility index (Phi) is 9.27. The van der Waals surface area contributed by atoms with Crippen LogP contribution in [0.4, 0.5) is 0 Å². The Morgan fingerprint density at radius 3 is 1.96 bits per heavy atom. The molecule has 2 aliphatic carbocycles. The molecule has 0 bridgehead atoms. The van der Waals surface area contributed by atoms with Crippen LogP contribution in [0, 0.1) is 11.3 Å². The molecule has 0 aromatic rings. The molecule has 45 heavy (non-hydrogen) atoms. The molecule has 248 valence electrons. The summed E-state index contributed by atoms with van der Waals surface area (Å²) in [4.78, 5) is 77.2. The molecule has 2 aliphatic heterocycles. The smallest absolute Gasteiger partial charge is 0.342 e. The fraction of sp³-hybridized carbons (Fsp3) is 0.688. The molecule has 1 spiro atoms. The fourth-order valence-corrected chi connectivity index (χ4v) is 7.41. The summed E-state index contributed by atoms with van der Waals surface area (Å²) in [5.41, 5.74) is -3.72. The molecule has 0 N–H and O–H groups in total. The van der Waals surface area contributed by atoms with Gasteiger partial charge in [-0.1, -0.05) is 25.5 Å². The lowest BCUT2D eigenvalue weighted by Gasteiger charge is -2.54. The first kappa shape index (κ1) is 34.1. The molecule has 2 fully saturated rings. The van der Waals surface area contributed by atoms with Crippen LogP contribution in [0.25, 0.3) is 0 Å². The molecule has 10 atom stereocenters. The van der Waals surface area contributed by atoms with Gasteiger partial charge in [-0.2, -0.15) is 0 Å². The van der Waals surface area contributed by atoms with Crippen LogP contribution in [-0.2, 0) is 61.9 Å². The third-order valence-corrected chi connectivity index (χ3v) is 9.34. The van der Waals surface area contributed by atoms with Crippen molar-refractivity contribution < 1.29 is 61.9 Å². The monoisotopic (exact) mass is 634 g/mol. The second kappa shape index (κ2) is 12.2. The first-order valence-corrected chi connectivity index (χ1v) is 15.1. The van der Waals surface area contributed by atoms with Crippen molar-refractivity contribution >= 4 is 35.8 Å². The summed E-state index contributed by atoms with van der Waals surface area (Å²) in [6.45, 7) is 13.1. The third-order valence-electron chi connectivity index (χ3n) is 9.34. The second-order valence-corrected chi connectivity index (χ2v) is 12.6. The summed E-state index contributed by atoms with van der Waals surface area (Å²) in [6, 6.07) is 0. The highest BCUT2D eigenvalue weighted by atomic mass is 16.7. The second-order valence-electron chi connectivity index (χ2n) is 12.6. The van der Waals surface area contributed by atoms with Crippen molar-refractivity contribution in [1.29, 1.82) is 0 Å². The molecule has 2 heterocycles. The van der Waals surface area contributed by atoms with Gasteiger partial charge in [0.1, 0.15) is 12.2 Å². The summed E-state index contributed by atoms with van der Waals surface area (Å²) in [7, 11) is 0. The van der Waals surface area contributed by atoms with Crippen molar-refractivity contribution in [2.24, 2.45) is 11.3 Å². The number of ether oxygens (including phenoxy) is 7. The van der Waals surface area contributed by atoms with Gasteiger partial charge >= 0.3 is 35.8 Å². The predicted molar refractivity (Wildman–Crippen MR) is 153 cm³/mol. The van der Waals surface area contributed by atoms with Crippen molar-refractivity contribution in [3.63, 3.8) is 0 Å². The van der Waals surface area contributed by atoms with Gasteiger partial charge in [0.15, 0.2) is 35.6 Å². The van der Waals surface area contributed by atoms with Crippen molar-refractivity contribution in [3.8, 4) is 0 Å². The van der Waals surface area contributed by atoms with Crippen LogP contribution in [0.3, 0.4) is 0 Å². The van der Waals surface area contributed by atoms with Crippen LogP contribution >= 0.6 is 0 Å². The maximum absolute atomic E-state index is 13.3. The Morgan fingerprint density at radius 1 is 0.844 bits per heavy atom.